The van der Waals surface area contributed by atoms with Gasteiger partial charge in [0.25, 0.3) is 0 Å². The molecule has 0 unspecified atom stereocenters. The highest BCUT2D eigenvalue weighted by molar-refractivity contribution is 5.65. The van der Waals surface area contributed by atoms with E-state index in [4.69, 9.17) is 0 Å². The molecular formula is C48H64. The number of hydrogen-bond donors (Lipinski definition) is 0. The van der Waals surface area contributed by atoms with Crippen LogP contribution < -0.4 is 0 Å². The van der Waals surface area contributed by atoms with Gasteiger partial charge in [-0.05, 0) is 132 Å². The van der Waals surface area contributed by atoms with Crippen LogP contribution in [0.4, 0.5) is 0 Å². The number of benzene rings is 4. The van der Waals surface area contributed by atoms with Crippen LogP contribution in [0, 0.1) is 11.8 Å². The third-order valence-electron chi connectivity index (χ3n) is 11.8. The Morgan fingerprint density at radius 1 is 0.375 bits per heavy atom. The lowest BCUT2D eigenvalue weighted by atomic mass is 9.77. The fourth-order valence-corrected chi connectivity index (χ4v) is 8.42. The molecule has 2 saturated carbocycles. The van der Waals surface area contributed by atoms with Crippen LogP contribution in [0.1, 0.15) is 152 Å². The van der Waals surface area contributed by atoms with Crippen molar-refractivity contribution in [3.8, 4) is 22.3 Å². The zero-order valence-corrected chi connectivity index (χ0v) is 30.9. The van der Waals surface area contributed by atoms with E-state index in [1.165, 1.54) is 123 Å². The first-order valence-corrected chi connectivity index (χ1v) is 20.0. The maximum Gasteiger partial charge on any atom is -0.0162 e. The van der Waals surface area contributed by atoms with Gasteiger partial charge in [-0.3, -0.25) is 0 Å². The second kappa shape index (κ2) is 19.2. The molecule has 2 fully saturated rings. The smallest absolute Gasteiger partial charge is 0.0162 e. The molecule has 6 rings (SSSR count). The van der Waals surface area contributed by atoms with Gasteiger partial charge in [0.2, 0.25) is 0 Å². The summed E-state index contributed by atoms with van der Waals surface area (Å²) in [5.41, 5.74) is 11.3. The molecule has 48 heavy (non-hydrogen) atoms. The molecule has 0 atom stereocenters. The van der Waals surface area contributed by atoms with E-state index in [0.717, 1.165) is 36.5 Å². The monoisotopic (exact) mass is 641 g/mol. The van der Waals surface area contributed by atoms with Crippen LogP contribution in [-0.4, -0.2) is 0 Å². The van der Waals surface area contributed by atoms with E-state index in [2.05, 4.69) is 125 Å². The topological polar surface area (TPSA) is 0 Å². The van der Waals surface area contributed by atoms with Crippen LogP contribution in [0.3, 0.4) is 0 Å². The molecule has 2 aliphatic rings. The molecule has 0 nitrogen and oxygen atoms in total. The van der Waals surface area contributed by atoms with E-state index < -0.39 is 0 Å². The van der Waals surface area contributed by atoms with Gasteiger partial charge >= 0.3 is 0 Å². The molecule has 4 aromatic carbocycles. The van der Waals surface area contributed by atoms with Crippen LogP contribution in [-0.2, 0) is 12.8 Å². The molecule has 0 spiro atoms. The van der Waals surface area contributed by atoms with E-state index in [1.807, 2.05) is 0 Å². The van der Waals surface area contributed by atoms with Gasteiger partial charge in [0, 0.05) is 0 Å². The number of unbranched alkanes of at least 4 members (excludes halogenated alkanes) is 2. The minimum atomic E-state index is 0.791. The third kappa shape index (κ3) is 10.4. The molecule has 0 amide bonds. The van der Waals surface area contributed by atoms with Crippen LogP contribution in [0.15, 0.2) is 97.1 Å². The van der Waals surface area contributed by atoms with E-state index in [0.29, 0.717) is 0 Å². The first-order valence-electron chi connectivity index (χ1n) is 20.0. The molecule has 256 valence electrons. The quantitative estimate of drug-likeness (QED) is 0.135. The first-order chi connectivity index (χ1) is 23.6. The normalized spacial score (nSPS) is 20.9. The van der Waals surface area contributed by atoms with Crippen molar-refractivity contribution in [3.63, 3.8) is 0 Å². The number of aryl methyl sites for hydroxylation is 2. The largest absolute Gasteiger partial charge is 0.0654 e. The minimum absolute atomic E-state index is 0.791. The fourth-order valence-electron chi connectivity index (χ4n) is 8.42. The summed E-state index contributed by atoms with van der Waals surface area (Å²) in [6.07, 6.45) is 22.0. The number of rotatable bonds is 12. The molecule has 0 N–H and O–H groups in total. The van der Waals surface area contributed by atoms with Crippen molar-refractivity contribution in [1.82, 2.24) is 0 Å². The highest BCUT2D eigenvalue weighted by atomic mass is 14.3. The van der Waals surface area contributed by atoms with E-state index >= 15 is 0 Å². The van der Waals surface area contributed by atoms with Crippen LogP contribution in [0.5, 0.6) is 0 Å². The van der Waals surface area contributed by atoms with Gasteiger partial charge in [-0.25, -0.2) is 0 Å². The van der Waals surface area contributed by atoms with Crippen LogP contribution in [0.25, 0.3) is 22.3 Å². The van der Waals surface area contributed by atoms with Crippen molar-refractivity contribution in [2.75, 3.05) is 0 Å². The van der Waals surface area contributed by atoms with Crippen molar-refractivity contribution >= 4 is 0 Å². The SMILES string of the molecule is CCCC1CCC(c2ccc(-c3ccc(CC)cc3)cc2)CC1.CCCCCC1CCC(c2ccc(-c3ccc(CC)cc3)cc2)CC1. The Morgan fingerprint density at radius 2 is 0.729 bits per heavy atom. The maximum absolute atomic E-state index is 2.38. The van der Waals surface area contributed by atoms with Crippen molar-refractivity contribution in [1.29, 1.82) is 0 Å². The molecule has 0 saturated heterocycles. The fraction of sp³-hybridized carbons (Fsp3) is 0.500. The maximum atomic E-state index is 2.38. The predicted molar refractivity (Wildman–Crippen MR) is 211 cm³/mol. The van der Waals surface area contributed by atoms with Crippen LogP contribution in [0.2, 0.25) is 0 Å². The van der Waals surface area contributed by atoms with Gasteiger partial charge in [-0.15, -0.1) is 0 Å². The van der Waals surface area contributed by atoms with Crippen molar-refractivity contribution in [3.05, 3.63) is 119 Å². The van der Waals surface area contributed by atoms with E-state index in [9.17, 15) is 0 Å². The highest BCUT2D eigenvalue weighted by Crippen LogP contribution is 2.39. The molecule has 4 aromatic rings. The van der Waals surface area contributed by atoms with Crippen molar-refractivity contribution < 1.29 is 0 Å². The van der Waals surface area contributed by atoms with Gasteiger partial charge < -0.3 is 0 Å². The molecule has 0 heterocycles. The van der Waals surface area contributed by atoms with Gasteiger partial charge in [-0.1, -0.05) is 163 Å². The van der Waals surface area contributed by atoms with E-state index in [1.54, 1.807) is 11.1 Å². The van der Waals surface area contributed by atoms with Crippen LogP contribution >= 0.6 is 0 Å². The zero-order valence-electron chi connectivity index (χ0n) is 30.9. The average molecular weight is 641 g/mol. The number of hydrogen-bond acceptors (Lipinski definition) is 0. The standard InChI is InChI=1S/C25H34.C23H30/c1-3-5-6-7-21-10-14-23(15-11-21)25-18-16-24(17-19-25)22-12-8-20(4-2)9-13-22;1-3-5-19-8-12-21(13-9-19)23-16-14-22(15-17-23)20-10-6-18(4-2)7-11-20/h8-9,12-13,16-19,21,23H,3-7,10-11,14-15H2,1-2H3;6-7,10-11,14-17,19,21H,3-5,8-9,12-13H2,1-2H3. The van der Waals surface area contributed by atoms with Gasteiger partial charge in [-0.2, -0.15) is 0 Å². The second-order valence-electron chi connectivity index (χ2n) is 15.1. The zero-order chi connectivity index (χ0) is 33.6. The lowest BCUT2D eigenvalue weighted by molar-refractivity contribution is 0.303. The molecule has 0 radical (unpaired) electrons. The Morgan fingerprint density at radius 3 is 1.06 bits per heavy atom. The molecule has 0 heteroatoms. The third-order valence-corrected chi connectivity index (χ3v) is 11.8. The van der Waals surface area contributed by atoms with Gasteiger partial charge in [0.15, 0.2) is 0 Å². The summed E-state index contributed by atoms with van der Waals surface area (Å²) in [5.74, 6) is 3.57. The molecule has 2 aliphatic carbocycles. The predicted octanol–water partition coefficient (Wildman–Crippen LogP) is 14.8. The molecule has 0 bridgehead atoms. The molecule has 0 aromatic heterocycles. The lowest BCUT2D eigenvalue weighted by Gasteiger charge is -2.29. The Balaban J connectivity index is 0.000000188. The summed E-state index contributed by atoms with van der Waals surface area (Å²) >= 11 is 0. The van der Waals surface area contributed by atoms with Crippen molar-refractivity contribution in [2.45, 2.75) is 142 Å². The molecular weight excluding hydrogens is 577 g/mol. The lowest BCUT2D eigenvalue weighted by Crippen LogP contribution is -2.13. The van der Waals surface area contributed by atoms with Gasteiger partial charge in [0.1, 0.15) is 0 Å². The summed E-state index contributed by atoms with van der Waals surface area (Å²) in [6.45, 7) is 9.04. The van der Waals surface area contributed by atoms with Crippen molar-refractivity contribution in [2.24, 2.45) is 11.8 Å². The summed E-state index contributed by atoms with van der Waals surface area (Å²) in [7, 11) is 0. The minimum Gasteiger partial charge on any atom is -0.0654 e. The summed E-state index contributed by atoms with van der Waals surface area (Å²) in [5, 5.41) is 0. The first kappa shape index (κ1) is 36.2. The summed E-state index contributed by atoms with van der Waals surface area (Å²) in [4.78, 5) is 0. The molecule has 0 aliphatic heterocycles. The summed E-state index contributed by atoms with van der Waals surface area (Å²) in [6, 6.07) is 36.8. The Kier molecular flexibility index (Phi) is 14.4. The average Bonchev–Trinajstić information content (AvgIpc) is 3.16. The Bertz CT molecular complexity index is 1420. The van der Waals surface area contributed by atoms with E-state index in [-0.39, 0.29) is 0 Å². The Labute approximate surface area is 294 Å². The second-order valence-corrected chi connectivity index (χ2v) is 15.1. The van der Waals surface area contributed by atoms with Gasteiger partial charge in [0.05, 0.1) is 0 Å². The highest BCUT2D eigenvalue weighted by Gasteiger charge is 2.23. The summed E-state index contributed by atoms with van der Waals surface area (Å²) < 4.78 is 0. The Hall–Kier alpha value is -3.12.